The molecule has 0 radical (unpaired) electrons. The summed E-state index contributed by atoms with van der Waals surface area (Å²) in [5.74, 6) is 1.60. The summed E-state index contributed by atoms with van der Waals surface area (Å²) in [6, 6.07) is 21.9. The zero-order chi connectivity index (χ0) is 24.7. The van der Waals surface area contributed by atoms with E-state index in [0.29, 0.717) is 11.0 Å². The van der Waals surface area contributed by atoms with Gasteiger partial charge in [-0.15, -0.1) is 10.2 Å². The van der Waals surface area contributed by atoms with Crippen molar-refractivity contribution in [3.8, 4) is 17.1 Å². The molecular weight excluding hydrogens is 468 g/mol. The molecule has 8 heteroatoms. The molecule has 1 amide bonds. The van der Waals surface area contributed by atoms with Crippen LogP contribution in [0.25, 0.3) is 17.1 Å². The highest BCUT2D eigenvalue weighted by Gasteiger charge is 2.18. The summed E-state index contributed by atoms with van der Waals surface area (Å²) in [5.41, 5.74) is 3.87. The summed E-state index contributed by atoms with van der Waals surface area (Å²) < 4.78 is 1.96. The number of anilines is 1. The lowest BCUT2D eigenvalue weighted by Gasteiger charge is -2.30. The van der Waals surface area contributed by atoms with Crippen molar-refractivity contribution in [1.82, 2.24) is 24.6 Å². The van der Waals surface area contributed by atoms with Crippen molar-refractivity contribution >= 4 is 23.4 Å². The first kappa shape index (κ1) is 24.2. The molecule has 36 heavy (non-hydrogen) atoms. The Kier molecular flexibility index (Phi) is 7.73. The number of piperidine rings is 1. The lowest BCUT2D eigenvalue weighted by Crippen LogP contribution is -2.33. The van der Waals surface area contributed by atoms with E-state index in [4.69, 9.17) is 0 Å². The van der Waals surface area contributed by atoms with Crippen LogP contribution >= 0.6 is 11.8 Å². The van der Waals surface area contributed by atoms with Gasteiger partial charge in [-0.25, -0.2) is 0 Å². The largest absolute Gasteiger partial charge is 0.325 e. The molecule has 1 fully saturated rings. The number of nitrogens with zero attached hydrogens (tertiary/aromatic N) is 5. The lowest BCUT2D eigenvalue weighted by atomic mass is 10.00. The van der Waals surface area contributed by atoms with Crippen molar-refractivity contribution in [3.05, 3.63) is 84.7 Å². The van der Waals surface area contributed by atoms with E-state index in [9.17, 15) is 4.79 Å². The minimum absolute atomic E-state index is 0.0804. The van der Waals surface area contributed by atoms with Crippen molar-refractivity contribution < 1.29 is 4.79 Å². The minimum atomic E-state index is -0.0804. The Balaban J connectivity index is 1.23. The Morgan fingerprint density at radius 3 is 2.64 bits per heavy atom. The number of likely N-dealkylation sites (tertiary alicyclic amines) is 1. The maximum absolute atomic E-state index is 12.7. The van der Waals surface area contributed by atoms with Crippen LogP contribution in [0.5, 0.6) is 0 Å². The second-order valence-electron chi connectivity index (χ2n) is 9.24. The maximum Gasteiger partial charge on any atom is 0.234 e. The molecule has 1 atom stereocenters. The number of amides is 1. The fourth-order valence-electron chi connectivity index (χ4n) is 4.56. The molecule has 184 valence electrons. The molecule has 1 aliphatic rings. The van der Waals surface area contributed by atoms with E-state index in [1.54, 1.807) is 12.4 Å². The van der Waals surface area contributed by atoms with E-state index in [-0.39, 0.29) is 11.7 Å². The van der Waals surface area contributed by atoms with Gasteiger partial charge in [0.25, 0.3) is 0 Å². The maximum atomic E-state index is 12.7. The number of thioether (sulfide) groups is 1. The highest BCUT2D eigenvalue weighted by Crippen LogP contribution is 2.27. The second-order valence-corrected chi connectivity index (χ2v) is 10.2. The normalized spacial score (nSPS) is 16.1. The summed E-state index contributed by atoms with van der Waals surface area (Å²) >= 11 is 1.36. The van der Waals surface area contributed by atoms with Crippen LogP contribution in [0.1, 0.15) is 25.3 Å². The van der Waals surface area contributed by atoms with E-state index in [0.717, 1.165) is 42.5 Å². The number of nitrogens with one attached hydrogen (secondary N) is 1. The number of aromatic nitrogens is 4. The summed E-state index contributed by atoms with van der Waals surface area (Å²) in [6.45, 7) is 5.61. The van der Waals surface area contributed by atoms with E-state index in [1.807, 2.05) is 59.2 Å². The molecule has 1 aliphatic heterocycles. The van der Waals surface area contributed by atoms with Gasteiger partial charge in [-0.3, -0.25) is 19.2 Å². The van der Waals surface area contributed by atoms with Crippen LogP contribution in [-0.2, 0) is 11.3 Å². The van der Waals surface area contributed by atoms with E-state index in [2.05, 4.69) is 44.5 Å². The second kappa shape index (κ2) is 11.5. The van der Waals surface area contributed by atoms with Crippen molar-refractivity contribution in [2.75, 3.05) is 24.2 Å². The van der Waals surface area contributed by atoms with Crippen LogP contribution in [0.2, 0.25) is 0 Å². The average molecular weight is 499 g/mol. The van der Waals surface area contributed by atoms with Crippen LogP contribution in [0, 0.1) is 5.92 Å². The van der Waals surface area contributed by atoms with Crippen molar-refractivity contribution in [2.45, 2.75) is 31.5 Å². The molecule has 1 unspecified atom stereocenters. The fourth-order valence-corrected chi connectivity index (χ4v) is 5.32. The molecule has 4 aromatic rings. The van der Waals surface area contributed by atoms with E-state index in [1.165, 1.54) is 30.2 Å². The van der Waals surface area contributed by atoms with Gasteiger partial charge in [0.2, 0.25) is 5.91 Å². The van der Waals surface area contributed by atoms with E-state index < -0.39 is 0 Å². The zero-order valence-electron chi connectivity index (χ0n) is 20.4. The SMILES string of the molecule is CC1CCCN(Cc2ccc(NC(=O)CSc3nnc(-c4cccnc4)n3-c3ccccc3)cc2)C1. The first-order chi connectivity index (χ1) is 17.7. The first-order valence-corrected chi connectivity index (χ1v) is 13.3. The quantitative estimate of drug-likeness (QED) is 0.333. The van der Waals surface area contributed by atoms with Gasteiger partial charge in [-0.2, -0.15) is 0 Å². The number of hydrogen-bond donors (Lipinski definition) is 1. The molecule has 0 aliphatic carbocycles. The third kappa shape index (κ3) is 6.01. The summed E-state index contributed by atoms with van der Waals surface area (Å²) in [5, 5.41) is 12.4. The third-order valence-corrected chi connectivity index (χ3v) is 7.21. The van der Waals surface area contributed by atoms with Gasteiger partial charge < -0.3 is 5.32 Å². The number of pyridine rings is 1. The monoisotopic (exact) mass is 498 g/mol. The molecule has 0 spiro atoms. The van der Waals surface area contributed by atoms with Crippen LogP contribution in [0.15, 0.2) is 84.3 Å². The highest BCUT2D eigenvalue weighted by atomic mass is 32.2. The van der Waals surface area contributed by atoms with E-state index >= 15 is 0 Å². The average Bonchev–Trinajstić information content (AvgIpc) is 3.34. The molecule has 1 saturated heterocycles. The summed E-state index contributed by atoms with van der Waals surface area (Å²) in [4.78, 5) is 19.5. The molecule has 0 saturated carbocycles. The van der Waals surface area contributed by atoms with Gasteiger partial charge in [0.1, 0.15) is 0 Å². The fraction of sp³-hybridized carbons (Fsp3) is 0.286. The Hall–Kier alpha value is -3.49. The van der Waals surface area contributed by atoms with Crippen LogP contribution in [-0.4, -0.2) is 49.4 Å². The number of benzene rings is 2. The van der Waals surface area contributed by atoms with Gasteiger partial charge >= 0.3 is 0 Å². The van der Waals surface area contributed by atoms with Gasteiger partial charge in [0.15, 0.2) is 11.0 Å². The molecule has 2 aromatic carbocycles. The topological polar surface area (TPSA) is 75.9 Å². The third-order valence-electron chi connectivity index (χ3n) is 6.28. The predicted octanol–water partition coefficient (Wildman–Crippen LogP) is 5.29. The predicted molar refractivity (Wildman–Crippen MR) is 144 cm³/mol. The molecule has 7 nitrogen and oxygen atoms in total. The van der Waals surface area contributed by atoms with Crippen molar-refractivity contribution in [1.29, 1.82) is 0 Å². The molecule has 5 rings (SSSR count). The van der Waals surface area contributed by atoms with Gasteiger partial charge in [0, 0.05) is 42.4 Å². The molecule has 0 bridgehead atoms. The molecular formula is C28H30N6OS. The Morgan fingerprint density at radius 2 is 1.89 bits per heavy atom. The number of carbonyl (C=O) groups excluding carboxylic acids is 1. The van der Waals surface area contributed by atoms with Crippen LogP contribution in [0.4, 0.5) is 5.69 Å². The van der Waals surface area contributed by atoms with Gasteiger partial charge in [-0.05, 0) is 67.3 Å². The standard InChI is InChI=1S/C28H30N6OS/c1-21-7-6-16-33(18-21)19-22-11-13-24(14-12-22)30-26(35)20-36-28-32-31-27(23-8-5-15-29-17-23)34(28)25-9-3-2-4-10-25/h2-5,8-15,17,21H,6-7,16,18-20H2,1H3,(H,30,35). The number of rotatable bonds is 8. The number of hydrogen-bond acceptors (Lipinski definition) is 6. The zero-order valence-corrected chi connectivity index (χ0v) is 21.2. The number of para-hydroxylation sites is 1. The summed E-state index contributed by atoms with van der Waals surface area (Å²) in [7, 11) is 0. The Labute approximate surface area is 216 Å². The van der Waals surface area contributed by atoms with Crippen LogP contribution in [0.3, 0.4) is 0 Å². The minimum Gasteiger partial charge on any atom is -0.325 e. The molecule has 2 aromatic heterocycles. The Morgan fingerprint density at radius 1 is 1.06 bits per heavy atom. The smallest absolute Gasteiger partial charge is 0.234 e. The number of carbonyl (C=O) groups is 1. The van der Waals surface area contributed by atoms with Gasteiger partial charge in [0.05, 0.1) is 5.75 Å². The summed E-state index contributed by atoms with van der Waals surface area (Å²) in [6.07, 6.45) is 6.09. The molecule has 3 heterocycles. The first-order valence-electron chi connectivity index (χ1n) is 12.3. The highest BCUT2D eigenvalue weighted by molar-refractivity contribution is 7.99. The van der Waals surface area contributed by atoms with Gasteiger partial charge in [-0.1, -0.05) is 49.0 Å². The van der Waals surface area contributed by atoms with Crippen molar-refractivity contribution in [2.24, 2.45) is 5.92 Å². The van der Waals surface area contributed by atoms with Crippen LogP contribution < -0.4 is 5.32 Å². The molecule has 1 N–H and O–H groups in total. The lowest BCUT2D eigenvalue weighted by molar-refractivity contribution is -0.113. The Bertz CT molecular complexity index is 1280. The van der Waals surface area contributed by atoms with Crippen molar-refractivity contribution in [3.63, 3.8) is 0 Å².